The van der Waals surface area contributed by atoms with Crippen LogP contribution in [0.15, 0.2) is 65.6 Å². The molecule has 0 aliphatic carbocycles. The SMILES string of the molecule is COc1ccc(COc2nc3ccccc3nc2NS(=O)(=O)c2cccc(Cl)c2C)cc1OCCN(C)C. The lowest BCUT2D eigenvalue weighted by Gasteiger charge is -2.16. The highest BCUT2D eigenvalue weighted by Crippen LogP contribution is 2.31. The molecule has 200 valence electrons. The zero-order valence-electron chi connectivity index (χ0n) is 21.6. The van der Waals surface area contributed by atoms with Crippen LogP contribution in [0.4, 0.5) is 5.82 Å². The molecule has 3 aromatic carbocycles. The Morgan fingerprint density at radius 2 is 1.68 bits per heavy atom. The van der Waals surface area contributed by atoms with Gasteiger partial charge in [0.05, 0.1) is 23.0 Å². The molecule has 0 unspecified atom stereocenters. The van der Waals surface area contributed by atoms with Crippen molar-refractivity contribution in [2.75, 3.05) is 39.1 Å². The number of ether oxygens (including phenoxy) is 3. The van der Waals surface area contributed by atoms with Crippen LogP contribution in [0.25, 0.3) is 11.0 Å². The summed E-state index contributed by atoms with van der Waals surface area (Å²) in [6.45, 7) is 2.96. The Labute approximate surface area is 227 Å². The van der Waals surface area contributed by atoms with Gasteiger partial charge in [0.25, 0.3) is 15.9 Å². The van der Waals surface area contributed by atoms with E-state index in [1.54, 1.807) is 50.4 Å². The third-order valence-corrected chi connectivity index (χ3v) is 7.57. The Kier molecular flexibility index (Phi) is 8.55. The Bertz CT molecular complexity index is 1550. The fourth-order valence-electron chi connectivity index (χ4n) is 3.63. The Balaban J connectivity index is 1.63. The number of benzene rings is 3. The van der Waals surface area contributed by atoms with Gasteiger partial charge in [-0.3, -0.25) is 4.72 Å². The van der Waals surface area contributed by atoms with E-state index in [-0.39, 0.29) is 23.2 Å². The number of nitrogens with one attached hydrogen (secondary N) is 1. The second-order valence-corrected chi connectivity index (χ2v) is 10.8. The summed E-state index contributed by atoms with van der Waals surface area (Å²) < 4.78 is 46.4. The van der Waals surface area contributed by atoms with Gasteiger partial charge in [-0.05, 0) is 68.5 Å². The van der Waals surface area contributed by atoms with Crippen molar-refractivity contribution in [3.63, 3.8) is 0 Å². The molecule has 0 atom stereocenters. The number of halogens is 1. The van der Waals surface area contributed by atoms with Crippen LogP contribution in [-0.2, 0) is 16.6 Å². The van der Waals surface area contributed by atoms with Crippen LogP contribution in [0.3, 0.4) is 0 Å². The summed E-state index contributed by atoms with van der Waals surface area (Å²) in [5.41, 5.74) is 2.28. The molecule has 38 heavy (non-hydrogen) atoms. The molecule has 0 saturated carbocycles. The molecule has 1 aromatic heterocycles. The van der Waals surface area contributed by atoms with Gasteiger partial charge in [-0.2, -0.15) is 0 Å². The maximum atomic E-state index is 13.3. The molecule has 11 heteroatoms. The Morgan fingerprint density at radius 3 is 2.39 bits per heavy atom. The van der Waals surface area contributed by atoms with E-state index in [4.69, 9.17) is 25.8 Å². The second-order valence-electron chi connectivity index (χ2n) is 8.76. The summed E-state index contributed by atoms with van der Waals surface area (Å²) in [6.07, 6.45) is 0. The topological polar surface area (TPSA) is 103 Å². The fraction of sp³-hybridized carbons (Fsp3) is 0.259. The molecule has 0 bridgehead atoms. The number of aromatic nitrogens is 2. The van der Waals surface area contributed by atoms with Crippen LogP contribution in [0.2, 0.25) is 5.02 Å². The van der Waals surface area contributed by atoms with Crippen LogP contribution in [-0.4, -0.2) is 57.6 Å². The van der Waals surface area contributed by atoms with Crippen molar-refractivity contribution in [2.45, 2.75) is 18.4 Å². The van der Waals surface area contributed by atoms with E-state index < -0.39 is 10.0 Å². The number of methoxy groups -OCH3 is 1. The first-order valence-corrected chi connectivity index (χ1v) is 13.7. The van der Waals surface area contributed by atoms with Crippen LogP contribution < -0.4 is 18.9 Å². The Hall–Kier alpha value is -3.60. The fourth-order valence-corrected chi connectivity index (χ4v) is 5.12. The number of nitrogens with zero attached hydrogens (tertiary/aromatic N) is 3. The van der Waals surface area contributed by atoms with E-state index in [2.05, 4.69) is 14.7 Å². The number of rotatable bonds is 11. The van der Waals surface area contributed by atoms with Crippen molar-refractivity contribution in [3.05, 3.63) is 76.8 Å². The first-order chi connectivity index (χ1) is 18.2. The highest BCUT2D eigenvalue weighted by molar-refractivity contribution is 7.92. The highest BCUT2D eigenvalue weighted by atomic mass is 35.5. The van der Waals surface area contributed by atoms with Crippen molar-refractivity contribution in [3.8, 4) is 17.4 Å². The van der Waals surface area contributed by atoms with Crippen molar-refractivity contribution >= 4 is 38.5 Å². The minimum atomic E-state index is -4.03. The second kappa shape index (κ2) is 11.8. The lowest BCUT2D eigenvalue weighted by atomic mass is 10.2. The molecule has 0 radical (unpaired) electrons. The van der Waals surface area contributed by atoms with E-state index in [9.17, 15) is 8.42 Å². The monoisotopic (exact) mass is 556 g/mol. The van der Waals surface area contributed by atoms with Gasteiger partial charge in [0.2, 0.25) is 5.82 Å². The average molecular weight is 557 g/mol. The number of anilines is 1. The van der Waals surface area contributed by atoms with Crippen molar-refractivity contribution in [1.29, 1.82) is 0 Å². The van der Waals surface area contributed by atoms with Crippen molar-refractivity contribution < 1.29 is 22.6 Å². The first kappa shape index (κ1) is 27.4. The molecule has 1 heterocycles. The summed E-state index contributed by atoms with van der Waals surface area (Å²) in [5.74, 6) is 1.19. The zero-order chi connectivity index (χ0) is 27.3. The van der Waals surface area contributed by atoms with E-state index in [1.807, 2.05) is 37.2 Å². The summed E-state index contributed by atoms with van der Waals surface area (Å²) in [5, 5.41) is 0.344. The molecule has 4 aromatic rings. The lowest BCUT2D eigenvalue weighted by Crippen LogP contribution is -2.19. The van der Waals surface area contributed by atoms with Gasteiger partial charge in [0.1, 0.15) is 13.2 Å². The number of hydrogen-bond acceptors (Lipinski definition) is 8. The minimum absolute atomic E-state index is 0.0287. The van der Waals surface area contributed by atoms with Gasteiger partial charge >= 0.3 is 0 Å². The number of sulfonamides is 1. The lowest BCUT2D eigenvalue weighted by molar-refractivity contribution is 0.249. The molecular formula is C27H29ClN4O5S. The van der Waals surface area contributed by atoms with E-state index in [0.29, 0.717) is 39.7 Å². The molecule has 4 rings (SSSR count). The standard InChI is InChI=1S/C27H29ClN4O5S/c1-18-20(28)8-7-11-25(18)38(33,34)31-26-27(30-22-10-6-5-9-21(22)29-26)37-17-19-12-13-23(35-4)24(16-19)36-15-14-32(2)3/h5-13,16H,14-15,17H2,1-4H3,(H,29,31). The molecule has 0 amide bonds. The number of likely N-dealkylation sites (N-methyl/N-ethyl adjacent to an activating group) is 1. The van der Waals surface area contributed by atoms with Gasteiger partial charge < -0.3 is 19.1 Å². The van der Waals surface area contributed by atoms with Gasteiger partial charge in [0, 0.05) is 11.6 Å². The Morgan fingerprint density at radius 1 is 0.947 bits per heavy atom. The predicted octanol–water partition coefficient (Wildman–Crippen LogP) is 4.92. The summed E-state index contributed by atoms with van der Waals surface area (Å²) >= 11 is 6.16. The average Bonchev–Trinajstić information content (AvgIpc) is 2.88. The van der Waals surface area contributed by atoms with Gasteiger partial charge in [-0.25, -0.2) is 18.4 Å². The molecular weight excluding hydrogens is 528 g/mol. The van der Waals surface area contributed by atoms with Gasteiger partial charge in [-0.15, -0.1) is 0 Å². The van der Waals surface area contributed by atoms with Crippen LogP contribution in [0.5, 0.6) is 17.4 Å². The van der Waals surface area contributed by atoms with E-state index in [1.165, 1.54) is 6.07 Å². The molecule has 0 aliphatic rings. The molecule has 0 fully saturated rings. The van der Waals surface area contributed by atoms with E-state index in [0.717, 1.165) is 12.1 Å². The third-order valence-electron chi connectivity index (χ3n) is 5.68. The maximum absolute atomic E-state index is 13.3. The molecule has 0 spiro atoms. The predicted molar refractivity (Wildman–Crippen MR) is 148 cm³/mol. The van der Waals surface area contributed by atoms with E-state index >= 15 is 0 Å². The number of hydrogen-bond donors (Lipinski definition) is 1. The van der Waals surface area contributed by atoms with Gasteiger partial charge in [0.15, 0.2) is 11.5 Å². The van der Waals surface area contributed by atoms with Crippen molar-refractivity contribution in [1.82, 2.24) is 14.9 Å². The third kappa shape index (κ3) is 6.45. The molecule has 0 saturated heterocycles. The normalized spacial score (nSPS) is 11.5. The maximum Gasteiger partial charge on any atom is 0.263 e. The molecule has 0 aliphatic heterocycles. The van der Waals surface area contributed by atoms with Crippen LogP contribution in [0.1, 0.15) is 11.1 Å². The minimum Gasteiger partial charge on any atom is -0.493 e. The zero-order valence-corrected chi connectivity index (χ0v) is 23.1. The smallest absolute Gasteiger partial charge is 0.263 e. The largest absolute Gasteiger partial charge is 0.493 e. The van der Waals surface area contributed by atoms with Crippen molar-refractivity contribution in [2.24, 2.45) is 0 Å². The number of para-hydroxylation sites is 2. The quantitative estimate of drug-likeness (QED) is 0.278. The summed E-state index contributed by atoms with van der Waals surface area (Å²) in [6, 6.07) is 17.3. The summed E-state index contributed by atoms with van der Waals surface area (Å²) in [4.78, 5) is 11.1. The van der Waals surface area contributed by atoms with Crippen LogP contribution >= 0.6 is 11.6 Å². The summed E-state index contributed by atoms with van der Waals surface area (Å²) in [7, 11) is 1.48. The first-order valence-electron chi connectivity index (χ1n) is 11.8. The number of fused-ring (bicyclic) bond motifs is 1. The highest BCUT2D eigenvalue weighted by Gasteiger charge is 2.22. The molecule has 9 nitrogen and oxygen atoms in total. The molecule has 1 N–H and O–H groups in total. The van der Waals surface area contributed by atoms with Gasteiger partial charge in [-0.1, -0.05) is 35.9 Å². The van der Waals surface area contributed by atoms with Crippen LogP contribution in [0, 0.1) is 6.92 Å².